The maximum atomic E-state index is 11.5. The molecule has 0 amide bonds. The Morgan fingerprint density at radius 1 is 1.29 bits per heavy atom. The van der Waals surface area contributed by atoms with Gasteiger partial charge >= 0.3 is 0 Å². The molecule has 6 nitrogen and oxygen atoms in total. The van der Waals surface area contributed by atoms with Crippen molar-refractivity contribution in [3.63, 3.8) is 0 Å². The fourth-order valence-corrected chi connectivity index (χ4v) is 3.39. The summed E-state index contributed by atoms with van der Waals surface area (Å²) >= 11 is 0. The third-order valence-corrected chi connectivity index (χ3v) is 5.16. The Bertz CT molecular complexity index is 642. The topological polar surface area (TPSA) is 89.3 Å². The van der Waals surface area contributed by atoms with Crippen molar-refractivity contribution in [1.82, 2.24) is 0 Å². The molecule has 0 heterocycles. The Morgan fingerprint density at radius 2 is 1.95 bits per heavy atom. The molecule has 2 rings (SSSR count). The van der Waals surface area contributed by atoms with Crippen molar-refractivity contribution in [2.75, 3.05) is 11.6 Å². The highest BCUT2D eigenvalue weighted by atomic mass is 32.2. The predicted molar refractivity (Wildman–Crippen MR) is 81.2 cm³/mol. The summed E-state index contributed by atoms with van der Waals surface area (Å²) in [6.45, 7) is 2.13. The Balaban J connectivity index is 2.32. The molecule has 1 saturated carbocycles. The molecule has 116 valence electrons. The summed E-state index contributed by atoms with van der Waals surface area (Å²) in [5, 5.41) is 14.4. The number of hydrogen-bond acceptors (Lipinski definition) is 5. The maximum absolute atomic E-state index is 11.5. The number of anilines is 1. The van der Waals surface area contributed by atoms with Gasteiger partial charge < -0.3 is 5.32 Å². The van der Waals surface area contributed by atoms with E-state index in [4.69, 9.17) is 0 Å². The monoisotopic (exact) mass is 312 g/mol. The van der Waals surface area contributed by atoms with Crippen molar-refractivity contribution >= 4 is 21.2 Å². The summed E-state index contributed by atoms with van der Waals surface area (Å²) in [5.74, 6) is 0.452. The number of nitro groups is 1. The first-order chi connectivity index (χ1) is 9.79. The second kappa shape index (κ2) is 6.01. The highest BCUT2D eigenvalue weighted by molar-refractivity contribution is 7.90. The van der Waals surface area contributed by atoms with Crippen LogP contribution in [0.2, 0.25) is 0 Å². The minimum atomic E-state index is -3.45. The summed E-state index contributed by atoms with van der Waals surface area (Å²) in [6.07, 6.45) is 5.42. The molecule has 0 unspecified atom stereocenters. The Morgan fingerprint density at radius 3 is 2.52 bits per heavy atom. The summed E-state index contributed by atoms with van der Waals surface area (Å²) in [4.78, 5) is 10.6. The van der Waals surface area contributed by atoms with Gasteiger partial charge in [0.2, 0.25) is 0 Å². The van der Waals surface area contributed by atoms with Gasteiger partial charge in [0, 0.05) is 18.4 Å². The van der Waals surface area contributed by atoms with Crippen LogP contribution in [0.3, 0.4) is 0 Å². The molecule has 1 aromatic rings. The zero-order valence-electron chi connectivity index (χ0n) is 12.2. The predicted octanol–water partition coefficient (Wildman–Crippen LogP) is 2.99. The van der Waals surface area contributed by atoms with Crippen molar-refractivity contribution in [1.29, 1.82) is 0 Å². The van der Waals surface area contributed by atoms with Gasteiger partial charge in [-0.05, 0) is 30.9 Å². The van der Waals surface area contributed by atoms with Gasteiger partial charge in [-0.3, -0.25) is 10.1 Å². The molecular weight excluding hydrogens is 292 g/mol. The Labute approximate surface area is 124 Å². The van der Waals surface area contributed by atoms with Gasteiger partial charge in [0.1, 0.15) is 5.69 Å². The summed E-state index contributed by atoms with van der Waals surface area (Å²) in [5.41, 5.74) is 0.210. The van der Waals surface area contributed by atoms with Crippen LogP contribution in [0.5, 0.6) is 0 Å². The lowest BCUT2D eigenvalue weighted by atomic mass is 9.86. The van der Waals surface area contributed by atoms with Gasteiger partial charge in [-0.25, -0.2) is 8.42 Å². The largest absolute Gasteiger partial charge is 0.376 e. The van der Waals surface area contributed by atoms with Crippen LogP contribution in [-0.2, 0) is 9.84 Å². The molecule has 21 heavy (non-hydrogen) atoms. The number of hydrogen-bond donors (Lipinski definition) is 1. The molecule has 0 spiro atoms. The van der Waals surface area contributed by atoms with Gasteiger partial charge in [0.15, 0.2) is 9.84 Å². The molecule has 0 radical (unpaired) electrons. The van der Waals surface area contributed by atoms with Gasteiger partial charge in [-0.2, -0.15) is 0 Å². The molecule has 1 aliphatic carbocycles. The SMILES string of the molecule is C[C@@H]1CCCC[C@@H]1Nc1ccc(S(C)(=O)=O)cc1[N+](=O)[O-]. The van der Waals surface area contributed by atoms with Crippen LogP contribution >= 0.6 is 0 Å². The molecule has 1 aromatic carbocycles. The number of nitro benzene ring substituents is 1. The number of rotatable bonds is 4. The lowest BCUT2D eigenvalue weighted by molar-refractivity contribution is -0.384. The zero-order chi connectivity index (χ0) is 15.6. The third-order valence-electron chi connectivity index (χ3n) is 4.05. The summed E-state index contributed by atoms with van der Waals surface area (Å²) < 4.78 is 23.0. The van der Waals surface area contributed by atoms with Crippen LogP contribution in [0.15, 0.2) is 23.1 Å². The minimum absolute atomic E-state index is 0.0311. The molecule has 7 heteroatoms. The first-order valence-electron chi connectivity index (χ1n) is 7.04. The zero-order valence-corrected chi connectivity index (χ0v) is 13.0. The smallest absolute Gasteiger partial charge is 0.293 e. The van der Waals surface area contributed by atoms with Crippen LogP contribution < -0.4 is 5.32 Å². The van der Waals surface area contributed by atoms with Crippen molar-refractivity contribution in [3.8, 4) is 0 Å². The van der Waals surface area contributed by atoms with E-state index in [1.165, 1.54) is 18.6 Å². The number of sulfone groups is 1. The van der Waals surface area contributed by atoms with Crippen molar-refractivity contribution in [3.05, 3.63) is 28.3 Å². The highest BCUT2D eigenvalue weighted by Gasteiger charge is 2.25. The van der Waals surface area contributed by atoms with Gasteiger partial charge in [0.05, 0.1) is 9.82 Å². The second-order valence-corrected chi connectivity index (χ2v) is 7.74. The third kappa shape index (κ3) is 3.72. The molecular formula is C14H20N2O4S. The molecule has 2 atom stereocenters. The van der Waals surface area contributed by atoms with E-state index in [-0.39, 0.29) is 16.6 Å². The van der Waals surface area contributed by atoms with Gasteiger partial charge in [-0.1, -0.05) is 19.8 Å². The Kier molecular flexibility index (Phi) is 4.51. The molecule has 0 saturated heterocycles. The average Bonchev–Trinajstić information content (AvgIpc) is 2.40. The standard InChI is InChI=1S/C14H20N2O4S/c1-10-5-3-4-6-12(10)15-13-8-7-11(21(2,19)20)9-14(13)16(17)18/h7-10,12,15H,3-6H2,1-2H3/t10-,12+/m1/s1. The number of nitrogens with one attached hydrogen (secondary N) is 1. The maximum Gasteiger partial charge on any atom is 0.293 e. The van der Waals surface area contributed by atoms with E-state index >= 15 is 0 Å². The van der Waals surface area contributed by atoms with Gasteiger partial charge in [0.25, 0.3) is 5.69 Å². The van der Waals surface area contributed by atoms with Crippen LogP contribution in [0.25, 0.3) is 0 Å². The van der Waals surface area contributed by atoms with E-state index in [0.717, 1.165) is 31.6 Å². The molecule has 0 aromatic heterocycles. The summed E-state index contributed by atoms with van der Waals surface area (Å²) in [6, 6.07) is 4.24. The molecule has 0 aliphatic heterocycles. The number of benzene rings is 1. The van der Waals surface area contributed by atoms with Crippen molar-refractivity contribution in [2.45, 2.75) is 43.5 Å². The normalized spacial score (nSPS) is 22.8. The van der Waals surface area contributed by atoms with Crippen LogP contribution in [0.4, 0.5) is 11.4 Å². The molecule has 1 aliphatic rings. The fraction of sp³-hybridized carbons (Fsp3) is 0.571. The second-order valence-electron chi connectivity index (χ2n) is 5.72. The molecule has 1 fully saturated rings. The minimum Gasteiger partial charge on any atom is -0.376 e. The first kappa shape index (κ1) is 15.8. The lowest BCUT2D eigenvalue weighted by Gasteiger charge is -2.30. The molecule has 0 bridgehead atoms. The summed E-state index contributed by atoms with van der Waals surface area (Å²) in [7, 11) is -3.45. The quantitative estimate of drug-likeness (QED) is 0.682. The van der Waals surface area contributed by atoms with Gasteiger partial charge in [-0.15, -0.1) is 0 Å². The van der Waals surface area contributed by atoms with E-state index in [2.05, 4.69) is 12.2 Å². The van der Waals surface area contributed by atoms with Crippen molar-refractivity contribution < 1.29 is 13.3 Å². The van der Waals surface area contributed by atoms with Crippen LogP contribution in [-0.4, -0.2) is 25.6 Å². The highest BCUT2D eigenvalue weighted by Crippen LogP contribution is 2.32. The average molecular weight is 312 g/mol. The number of nitrogens with zero attached hydrogens (tertiary/aromatic N) is 1. The molecule has 1 N–H and O–H groups in total. The van der Waals surface area contributed by atoms with Crippen LogP contribution in [0.1, 0.15) is 32.6 Å². The first-order valence-corrected chi connectivity index (χ1v) is 8.93. The van der Waals surface area contributed by atoms with Crippen LogP contribution in [0, 0.1) is 16.0 Å². The van der Waals surface area contributed by atoms with E-state index in [1.54, 1.807) is 0 Å². The van der Waals surface area contributed by atoms with E-state index in [1.807, 2.05) is 0 Å². The van der Waals surface area contributed by atoms with E-state index in [0.29, 0.717) is 11.6 Å². The van der Waals surface area contributed by atoms with E-state index in [9.17, 15) is 18.5 Å². The fourth-order valence-electron chi connectivity index (χ4n) is 2.75. The van der Waals surface area contributed by atoms with E-state index < -0.39 is 14.8 Å². The Hall–Kier alpha value is -1.63. The van der Waals surface area contributed by atoms with Crippen molar-refractivity contribution in [2.24, 2.45) is 5.92 Å². The lowest BCUT2D eigenvalue weighted by Crippen LogP contribution is -2.30.